The molecule has 0 radical (unpaired) electrons. The maximum Gasteiger partial charge on any atom is 0.163 e. The molecule has 0 unspecified atom stereocenters. The molecule has 5 heteroatoms. The Kier molecular flexibility index (Phi) is 2.87. The molecule has 0 spiro atoms. The number of fused-ring (bicyclic) bond motifs is 1. The number of H-pyrrole nitrogens is 1. The van der Waals surface area contributed by atoms with Gasteiger partial charge in [-0.25, -0.2) is 15.0 Å². The number of hydrogen-bond acceptors (Lipinski definition) is 4. The second-order valence-corrected chi connectivity index (χ2v) is 4.56. The SMILES string of the molecule is Cc1ccc(CNc2nc(C)nc3[nH]cnc23)cc1. The molecule has 2 N–H and O–H groups in total. The number of nitrogens with one attached hydrogen (secondary N) is 2. The van der Waals surface area contributed by atoms with Gasteiger partial charge in [0.25, 0.3) is 0 Å². The van der Waals surface area contributed by atoms with Gasteiger partial charge in [-0.15, -0.1) is 0 Å². The summed E-state index contributed by atoms with van der Waals surface area (Å²) in [5.74, 6) is 1.49. The fraction of sp³-hybridized carbons (Fsp3) is 0.214. The predicted molar refractivity (Wildman–Crippen MR) is 74.9 cm³/mol. The number of nitrogens with zero attached hydrogens (tertiary/aromatic N) is 3. The van der Waals surface area contributed by atoms with Crippen LogP contribution in [-0.2, 0) is 6.54 Å². The first kappa shape index (κ1) is 11.6. The van der Waals surface area contributed by atoms with Gasteiger partial charge in [0.05, 0.1) is 6.33 Å². The molecule has 2 heterocycles. The maximum absolute atomic E-state index is 4.40. The number of aromatic amines is 1. The van der Waals surface area contributed by atoms with Gasteiger partial charge >= 0.3 is 0 Å². The molecule has 0 saturated heterocycles. The maximum atomic E-state index is 4.40. The molecule has 0 saturated carbocycles. The average molecular weight is 253 g/mol. The highest BCUT2D eigenvalue weighted by molar-refractivity contribution is 5.82. The Bertz CT molecular complexity index is 699. The van der Waals surface area contributed by atoms with Crippen molar-refractivity contribution in [3.63, 3.8) is 0 Å². The van der Waals surface area contributed by atoms with Crippen molar-refractivity contribution in [1.82, 2.24) is 19.9 Å². The summed E-state index contributed by atoms with van der Waals surface area (Å²) in [4.78, 5) is 15.9. The first-order chi connectivity index (χ1) is 9.22. The largest absolute Gasteiger partial charge is 0.364 e. The van der Waals surface area contributed by atoms with E-state index in [9.17, 15) is 0 Å². The number of aromatic nitrogens is 4. The zero-order chi connectivity index (χ0) is 13.2. The molecule has 0 amide bonds. The highest BCUT2D eigenvalue weighted by Crippen LogP contribution is 2.17. The fourth-order valence-electron chi connectivity index (χ4n) is 1.96. The van der Waals surface area contributed by atoms with Crippen LogP contribution in [0.2, 0.25) is 0 Å². The number of hydrogen-bond donors (Lipinski definition) is 2. The molecule has 96 valence electrons. The lowest BCUT2D eigenvalue weighted by Crippen LogP contribution is -2.04. The summed E-state index contributed by atoms with van der Waals surface area (Å²) in [6.07, 6.45) is 1.63. The quantitative estimate of drug-likeness (QED) is 0.753. The fourth-order valence-corrected chi connectivity index (χ4v) is 1.96. The molecule has 1 aromatic carbocycles. The third-order valence-electron chi connectivity index (χ3n) is 2.97. The van der Waals surface area contributed by atoms with Gasteiger partial charge in [-0.05, 0) is 19.4 Å². The molecule has 0 atom stereocenters. The van der Waals surface area contributed by atoms with Gasteiger partial charge in [-0.1, -0.05) is 29.8 Å². The van der Waals surface area contributed by atoms with E-state index in [1.165, 1.54) is 11.1 Å². The van der Waals surface area contributed by atoms with Crippen molar-refractivity contribution >= 4 is 17.0 Å². The standard InChI is InChI=1S/C14H15N5/c1-9-3-5-11(6-4-9)7-15-13-12-14(17-8-16-12)19-10(2)18-13/h3-6,8H,7H2,1-2H3,(H2,15,16,17,18,19). The van der Waals surface area contributed by atoms with Crippen LogP contribution in [0.4, 0.5) is 5.82 Å². The second-order valence-electron chi connectivity index (χ2n) is 4.56. The van der Waals surface area contributed by atoms with Crippen molar-refractivity contribution < 1.29 is 0 Å². The Balaban J connectivity index is 1.85. The summed E-state index contributed by atoms with van der Waals surface area (Å²) in [7, 11) is 0. The Morgan fingerprint density at radius 1 is 1.11 bits per heavy atom. The molecule has 0 aliphatic carbocycles. The molecule has 3 rings (SSSR count). The smallest absolute Gasteiger partial charge is 0.163 e. The molecule has 0 fully saturated rings. The zero-order valence-corrected chi connectivity index (χ0v) is 10.9. The molecule has 0 aliphatic heterocycles. The van der Waals surface area contributed by atoms with Crippen molar-refractivity contribution in [2.45, 2.75) is 20.4 Å². The van der Waals surface area contributed by atoms with E-state index in [0.717, 1.165) is 29.4 Å². The Hall–Kier alpha value is -2.43. The highest BCUT2D eigenvalue weighted by Gasteiger charge is 2.07. The van der Waals surface area contributed by atoms with Crippen LogP contribution in [0.1, 0.15) is 17.0 Å². The summed E-state index contributed by atoms with van der Waals surface area (Å²) in [5, 5.41) is 3.32. The lowest BCUT2D eigenvalue weighted by atomic mass is 10.1. The van der Waals surface area contributed by atoms with Crippen molar-refractivity contribution in [2.75, 3.05) is 5.32 Å². The molecule has 19 heavy (non-hydrogen) atoms. The Morgan fingerprint density at radius 3 is 2.68 bits per heavy atom. The predicted octanol–water partition coefficient (Wildman–Crippen LogP) is 2.58. The summed E-state index contributed by atoms with van der Waals surface area (Å²) >= 11 is 0. The lowest BCUT2D eigenvalue weighted by molar-refractivity contribution is 1.04. The number of anilines is 1. The molecular formula is C14H15N5. The van der Waals surface area contributed by atoms with Crippen LogP contribution in [0.15, 0.2) is 30.6 Å². The zero-order valence-electron chi connectivity index (χ0n) is 10.9. The summed E-state index contributed by atoms with van der Waals surface area (Å²) in [6, 6.07) is 8.43. The van der Waals surface area contributed by atoms with Crippen molar-refractivity contribution in [2.24, 2.45) is 0 Å². The van der Waals surface area contributed by atoms with Crippen LogP contribution in [0.25, 0.3) is 11.2 Å². The third-order valence-corrected chi connectivity index (χ3v) is 2.97. The molecular weight excluding hydrogens is 238 g/mol. The number of imidazole rings is 1. The molecule has 5 nitrogen and oxygen atoms in total. The van der Waals surface area contributed by atoms with Crippen molar-refractivity contribution in [3.05, 3.63) is 47.5 Å². The van der Waals surface area contributed by atoms with Crippen LogP contribution in [-0.4, -0.2) is 19.9 Å². The van der Waals surface area contributed by atoms with Crippen LogP contribution in [0, 0.1) is 13.8 Å². The van der Waals surface area contributed by atoms with Crippen LogP contribution >= 0.6 is 0 Å². The average Bonchev–Trinajstić information content (AvgIpc) is 2.85. The Labute approximate surface area is 111 Å². The van der Waals surface area contributed by atoms with Crippen molar-refractivity contribution in [1.29, 1.82) is 0 Å². The minimum absolute atomic E-state index is 0.721. The van der Waals surface area contributed by atoms with E-state index in [1.54, 1.807) is 6.33 Å². The van der Waals surface area contributed by atoms with Gasteiger partial charge in [-0.2, -0.15) is 0 Å². The molecule has 3 aromatic rings. The van der Waals surface area contributed by atoms with Gasteiger partial charge < -0.3 is 10.3 Å². The van der Waals surface area contributed by atoms with Gasteiger partial charge in [0, 0.05) is 6.54 Å². The van der Waals surface area contributed by atoms with E-state index in [4.69, 9.17) is 0 Å². The van der Waals surface area contributed by atoms with E-state index in [-0.39, 0.29) is 0 Å². The monoisotopic (exact) mass is 253 g/mol. The summed E-state index contributed by atoms with van der Waals surface area (Å²) in [6.45, 7) is 4.67. The summed E-state index contributed by atoms with van der Waals surface area (Å²) in [5.41, 5.74) is 4.01. The third kappa shape index (κ3) is 2.40. The highest BCUT2D eigenvalue weighted by atomic mass is 15.1. The van der Waals surface area contributed by atoms with E-state index in [1.807, 2.05) is 6.92 Å². The van der Waals surface area contributed by atoms with Crippen molar-refractivity contribution in [3.8, 4) is 0 Å². The number of benzene rings is 1. The minimum Gasteiger partial charge on any atom is -0.364 e. The van der Waals surface area contributed by atoms with Gasteiger partial charge in [-0.3, -0.25) is 0 Å². The first-order valence-electron chi connectivity index (χ1n) is 6.19. The normalized spacial score (nSPS) is 10.8. The van der Waals surface area contributed by atoms with Crippen LogP contribution in [0.3, 0.4) is 0 Å². The van der Waals surface area contributed by atoms with E-state index in [0.29, 0.717) is 0 Å². The first-order valence-corrected chi connectivity index (χ1v) is 6.19. The molecule has 2 aromatic heterocycles. The van der Waals surface area contributed by atoms with Gasteiger partial charge in [0.2, 0.25) is 0 Å². The van der Waals surface area contributed by atoms with Crippen LogP contribution in [0.5, 0.6) is 0 Å². The number of aryl methyl sites for hydroxylation is 2. The molecule has 0 bridgehead atoms. The van der Waals surface area contributed by atoms with Gasteiger partial charge in [0.15, 0.2) is 11.5 Å². The van der Waals surface area contributed by atoms with Gasteiger partial charge in [0.1, 0.15) is 11.3 Å². The topological polar surface area (TPSA) is 66.5 Å². The molecule has 0 aliphatic rings. The van der Waals surface area contributed by atoms with Crippen LogP contribution < -0.4 is 5.32 Å². The Morgan fingerprint density at radius 2 is 1.89 bits per heavy atom. The van der Waals surface area contributed by atoms with E-state index >= 15 is 0 Å². The van der Waals surface area contributed by atoms with E-state index < -0.39 is 0 Å². The number of rotatable bonds is 3. The minimum atomic E-state index is 0.721. The lowest BCUT2D eigenvalue weighted by Gasteiger charge is -2.07. The summed E-state index contributed by atoms with van der Waals surface area (Å²) < 4.78 is 0. The second kappa shape index (κ2) is 4.68. The van der Waals surface area contributed by atoms with E-state index in [2.05, 4.69) is 56.4 Å².